The quantitative estimate of drug-likeness (QED) is 0.0261. The van der Waals surface area contributed by atoms with Crippen LogP contribution in [0.4, 0.5) is 0 Å². The second kappa shape index (κ2) is 69.1. The van der Waals surface area contributed by atoms with E-state index in [2.05, 4.69) is 106 Å². The van der Waals surface area contributed by atoms with E-state index in [0.29, 0.717) is 19.3 Å². The molecule has 0 aliphatic heterocycles. The Labute approximate surface area is 503 Å². The highest BCUT2D eigenvalue weighted by Crippen LogP contribution is 2.18. The summed E-state index contributed by atoms with van der Waals surface area (Å²) in [5, 5.41) is 0. The first-order chi connectivity index (χ1) is 40.0. The van der Waals surface area contributed by atoms with E-state index in [1.54, 1.807) is 0 Å². The van der Waals surface area contributed by atoms with Gasteiger partial charge in [-0.25, -0.2) is 0 Å². The van der Waals surface area contributed by atoms with Crippen LogP contribution in [-0.4, -0.2) is 37.2 Å². The molecule has 0 aliphatic rings. The van der Waals surface area contributed by atoms with E-state index in [9.17, 15) is 14.4 Å². The molecule has 0 N–H and O–H groups in total. The van der Waals surface area contributed by atoms with Gasteiger partial charge < -0.3 is 14.2 Å². The van der Waals surface area contributed by atoms with Crippen LogP contribution in [0.25, 0.3) is 0 Å². The van der Waals surface area contributed by atoms with E-state index in [1.807, 2.05) is 0 Å². The van der Waals surface area contributed by atoms with Crippen molar-refractivity contribution in [2.24, 2.45) is 0 Å². The average Bonchev–Trinajstić information content (AvgIpc) is 3.47. The zero-order valence-electron chi connectivity index (χ0n) is 53.8. The Balaban J connectivity index is 4.27. The Hall–Kier alpha value is -3.41. The van der Waals surface area contributed by atoms with E-state index in [1.165, 1.54) is 205 Å². The number of allylic oxidation sites excluding steroid dienone is 14. The molecule has 0 aromatic heterocycles. The maximum atomic E-state index is 12.9. The lowest BCUT2D eigenvalue weighted by atomic mass is 10.0. The minimum atomic E-state index is -0.793. The van der Waals surface area contributed by atoms with Gasteiger partial charge in [0.05, 0.1) is 0 Å². The molecule has 1 atom stereocenters. The summed E-state index contributed by atoms with van der Waals surface area (Å²) < 4.78 is 16.9. The summed E-state index contributed by atoms with van der Waals surface area (Å²) in [6.45, 7) is 6.54. The van der Waals surface area contributed by atoms with Crippen LogP contribution in [0.3, 0.4) is 0 Å². The zero-order chi connectivity index (χ0) is 58.5. The van der Waals surface area contributed by atoms with Crippen molar-refractivity contribution in [3.05, 3.63) is 85.1 Å². The van der Waals surface area contributed by atoms with Crippen molar-refractivity contribution in [2.45, 2.75) is 361 Å². The summed E-state index contributed by atoms with van der Waals surface area (Å²) >= 11 is 0. The molecule has 0 spiro atoms. The molecule has 1 unspecified atom stereocenters. The lowest BCUT2D eigenvalue weighted by Crippen LogP contribution is -2.30. The number of ether oxygens (including phenoxy) is 3. The SMILES string of the molecule is CC/C=C\C/C=C\C/C=C\C/C=C\C/C=C\C/C=C\C/C=C\CCCCCC(=O)OC(COC(=O)CCCCCCCCCCCCC)COC(=O)CCCCCCCCCCCCCCCCCCCCCCCCCCCCC. The average molecular weight is 1130 g/mol. The van der Waals surface area contributed by atoms with Gasteiger partial charge in [0.2, 0.25) is 0 Å². The van der Waals surface area contributed by atoms with Gasteiger partial charge in [-0.05, 0) is 77.0 Å². The van der Waals surface area contributed by atoms with Crippen LogP contribution < -0.4 is 0 Å². The molecular formula is C75H132O6. The zero-order valence-corrected chi connectivity index (χ0v) is 53.8. The smallest absolute Gasteiger partial charge is 0.306 e. The van der Waals surface area contributed by atoms with Crippen LogP contribution in [0, 0.1) is 0 Å². The molecule has 0 bridgehead atoms. The number of esters is 3. The fraction of sp³-hybridized carbons (Fsp3) is 0.773. The van der Waals surface area contributed by atoms with E-state index in [4.69, 9.17) is 14.2 Å². The van der Waals surface area contributed by atoms with Crippen molar-refractivity contribution in [1.82, 2.24) is 0 Å². The Bertz CT molecular complexity index is 1530. The summed E-state index contributed by atoms with van der Waals surface area (Å²) in [6, 6.07) is 0. The molecule has 0 radical (unpaired) electrons. The molecule has 0 rings (SSSR count). The van der Waals surface area contributed by atoms with Gasteiger partial charge in [0, 0.05) is 19.3 Å². The van der Waals surface area contributed by atoms with Crippen molar-refractivity contribution >= 4 is 17.9 Å². The minimum absolute atomic E-state index is 0.0859. The largest absolute Gasteiger partial charge is 0.462 e. The van der Waals surface area contributed by atoms with Gasteiger partial charge in [-0.1, -0.05) is 343 Å². The first kappa shape index (κ1) is 77.6. The van der Waals surface area contributed by atoms with Gasteiger partial charge in [-0.2, -0.15) is 0 Å². The molecule has 0 heterocycles. The maximum Gasteiger partial charge on any atom is 0.306 e. The minimum Gasteiger partial charge on any atom is -0.462 e. The predicted octanol–water partition coefficient (Wildman–Crippen LogP) is 24.2. The number of hydrogen-bond acceptors (Lipinski definition) is 6. The molecule has 0 aliphatic carbocycles. The molecule has 468 valence electrons. The van der Waals surface area contributed by atoms with Crippen LogP contribution in [0.1, 0.15) is 355 Å². The second-order valence-corrected chi connectivity index (χ2v) is 23.4. The van der Waals surface area contributed by atoms with E-state index >= 15 is 0 Å². The standard InChI is InChI=1S/C75H132O6/c1-4-7-10-13-16-19-22-24-26-28-30-32-34-36-37-39-40-42-44-46-48-50-53-56-59-62-65-68-74(77)80-71-72(70-79-73(76)67-64-61-58-55-52-21-18-15-12-9-6-3)81-75(78)69-66-63-60-57-54-51-49-47-45-43-41-38-35-33-31-29-27-25-23-20-17-14-11-8-5-2/h8,11,17,20,25,27,31,33,38,41,45,47,51,54,72H,4-7,9-10,12-16,18-19,21-24,26,28-30,32,34-37,39-40,42-44,46,48-50,52-53,55-71H2,1-3H3/b11-8-,20-17-,27-25-,33-31-,41-38-,47-45-,54-51-. The van der Waals surface area contributed by atoms with Crippen LogP contribution in [-0.2, 0) is 28.6 Å². The summed E-state index contributed by atoms with van der Waals surface area (Å²) in [5.41, 5.74) is 0. The molecule has 81 heavy (non-hydrogen) atoms. The van der Waals surface area contributed by atoms with Crippen molar-refractivity contribution in [1.29, 1.82) is 0 Å². The van der Waals surface area contributed by atoms with Crippen molar-refractivity contribution in [3.63, 3.8) is 0 Å². The molecule has 6 heteroatoms. The molecule has 0 fully saturated rings. The molecule has 6 nitrogen and oxygen atoms in total. The number of hydrogen-bond donors (Lipinski definition) is 0. The van der Waals surface area contributed by atoms with Gasteiger partial charge in [0.1, 0.15) is 13.2 Å². The molecule has 0 saturated heterocycles. The summed E-state index contributed by atoms with van der Waals surface area (Å²) in [5.74, 6) is -0.902. The first-order valence-electron chi connectivity index (χ1n) is 35.1. The molecule has 0 saturated carbocycles. The van der Waals surface area contributed by atoms with Crippen LogP contribution in [0.15, 0.2) is 85.1 Å². The molecular weight excluding hydrogens is 997 g/mol. The Kier molecular flexibility index (Phi) is 66.2. The van der Waals surface area contributed by atoms with Crippen LogP contribution in [0.2, 0.25) is 0 Å². The number of rotatable bonds is 64. The van der Waals surface area contributed by atoms with E-state index < -0.39 is 6.10 Å². The van der Waals surface area contributed by atoms with Crippen molar-refractivity contribution in [3.8, 4) is 0 Å². The topological polar surface area (TPSA) is 78.9 Å². The highest BCUT2D eigenvalue weighted by molar-refractivity contribution is 5.71. The van der Waals surface area contributed by atoms with Gasteiger partial charge >= 0.3 is 17.9 Å². The Morgan fingerprint density at radius 2 is 0.481 bits per heavy atom. The maximum absolute atomic E-state index is 12.9. The first-order valence-corrected chi connectivity index (χ1v) is 35.1. The fourth-order valence-electron chi connectivity index (χ4n) is 10.2. The normalized spacial score (nSPS) is 12.6. The third-order valence-electron chi connectivity index (χ3n) is 15.4. The van der Waals surface area contributed by atoms with Crippen LogP contribution >= 0.6 is 0 Å². The third kappa shape index (κ3) is 67.3. The number of carbonyl (C=O) groups excluding carboxylic acids is 3. The van der Waals surface area contributed by atoms with E-state index in [-0.39, 0.29) is 31.1 Å². The number of carbonyl (C=O) groups is 3. The molecule has 0 aromatic rings. The molecule has 0 amide bonds. The third-order valence-corrected chi connectivity index (χ3v) is 15.4. The highest BCUT2D eigenvalue weighted by Gasteiger charge is 2.19. The van der Waals surface area contributed by atoms with Crippen LogP contribution in [0.5, 0.6) is 0 Å². The van der Waals surface area contributed by atoms with E-state index in [0.717, 1.165) is 109 Å². The van der Waals surface area contributed by atoms with Gasteiger partial charge in [0.15, 0.2) is 6.10 Å². The highest BCUT2D eigenvalue weighted by atomic mass is 16.6. The Morgan fingerprint density at radius 3 is 0.753 bits per heavy atom. The summed E-state index contributed by atoms with van der Waals surface area (Å²) in [6.07, 6.45) is 91.9. The second-order valence-electron chi connectivity index (χ2n) is 23.4. The molecule has 0 aromatic carbocycles. The van der Waals surface area contributed by atoms with Crippen molar-refractivity contribution in [2.75, 3.05) is 13.2 Å². The predicted molar refractivity (Wildman–Crippen MR) is 353 cm³/mol. The Morgan fingerprint density at radius 1 is 0.259 bits per heavy atom. The van der Waals surface area contributed by atoms with Gasteiger partial charge in [-0.3, -0.25) is 14.4 Å². The van der Waals surface area contributed by atoms with Crippen molar-refractivity contribution < 1.29 is 28.6 Å². The summed E-state index contributed by atoms with van der Waals surface area (Å²) in [7, 11) is 0. The van der Waals surface area contributed by atoms with Gasteiger partial charge in [-0.15, -0.1) is 0 Å². The lowest BCUT2D eigenvalue weighted by molar-refractivity contribution is -0.167. The fourth-order valence-corrected chi connectivity index (χ4v) is 10.2. The monoisotopic (exact) mass is 1130 g/mol. The summed E-state index contributed by atoms with van der Waals surface area (Å²) in [4.78, 5) is 38.3. The van der Waals surface area contributed by atoms with Gasteiger partial charge in [0.25, 0.3) is 0 Å². The number of unbranched alkanes of at least 4 members (excludes halogenated alkanes) is 39. The lowest BCUT2D eigenvalue weighted by Gasteiger charge is -2.18.